The van der Waals surface area contributed by atoms with Crippen LogP contribution >= 0.6 is 0 Å². The summed E-state index contributed by atoms with van der Waals surface area (Å²) >= 11 is 0. The van der Waals surface area contributed by atoms with Gasteiger partial charge in [-0.05, 0) is 42.1 Å². The molecule has 3 aromatic rings. The van der Waals surface area contributed by atoms with Crippen LogP contribution in [0, 0.1) is 6.92 Å². The molecule has 2 aromatic heterocycles. The van der Waals surface area contributed by atoms with Gasteiger partial charge in [-0.2, -0.15) is 0 Å². The number of nitrogens with zero attached hydrogens (tertiary/aromatic N) is 2. The fraction of sp³-hybridized carbons (Fsp3) is 0.176. The molecule has 3 rings (SSSR count). The molecule has 4 nitrogen and oxygen atoms in total. The zero-order chi connectivity index (χ0) is 14.7. The normalized spacial score (nSPS) is 10.7. The highest BCUT2D eigenvalue weighted by atomic mass is 16.1. The minimum absolute atomic E-state index is 0.0142. The number of carbonyl (C=O) groups excluding carboxylic acids is 1. The second-order valence-corrected chi connectivity index (χ2v) is 5.10. The lowest BCUT2D eigenvalue weighted by atomic mass is 10.2. The molecule has 1 aromatic carbocycles. The summed E-state index contributed by atoms with van der Waals surface area (Å²) in [5.41, 5.74) is 3.14. The molecule has 4 heteroatoms. The van der Waals surface area contributed by atoms with Crippen molar-refractivity contribution in [2.75, 3.05) is 0 Å². The van der Waals surface area contributed by atoms with Crippen LogP contribution in [0.4, 0.5) is 0 Å². The van der Waals surface area contributed by atoms with Gasteiger partial charge in [-0.1, -0.05) is 18.2 Å². The lowest BCUT2D eigenvalue weighted by molar-refractivity contribution is -0.121. The number of aromatic nitrogens is 2. The number of fused-ring (bicyclic) bond motifs is 1. The number of benzene rings is 1. The molecule has 0 saturated carbocycles. The monoisotopic (exact) mass is 279 g/mol. The average Bonchev–Trinajstić information content (AvgIpc) is 2.88. The molecule has 21 heavy (non-hydrogen) atoms. The number of hydrogen-bond acceptors (Lipinski definition) is 2. The van der Waals surface area contributed by atoms with E-state index in [0.717, 1.165) is 16.6 Å². The Morgan fingerprint density at radius 1 is 1.24 bits per heavy atom. The molecule has 106 valence electrons. The van der Waals surface area contributed by atoms with Crippen molar-refractivity contribution >= 4 is 16.8 Å². The van der Waals surface area contributed by atoms with Crippen molar-refractivity contribution in [2.24, 2.45) is 0 Å². The Balaban J connectivity index is 1.67. The number of hydrogen-bond donors (Lipinski definition) is 1. The highest BCUT2D eigenvalue weighted by Crippen LogP contribution is 2.17. The van der Waals surface area contributed by atoms with E-state index >= 15 is 0 Å². The third-order valence-corrected chi connectivity index (χ3v) is 3.44. The van der Waals surface area contributed by atoms with E-state index < -0.39 is 0 Å². The Morgan fingerprint density at radius 3 is 2.95 bits per heavy atom. The van der Waals surface area contributed by atoms with Crippen LogP contribution in [0.15, 0.2) is 54.9 Å². The fourth-order valence-corrected chi connectivity index (χ4v) is 2.33. The first-order valence-electron chi connectivity index (χ1n) is 6.94. The number of nitrogens with one attached hydrogen (secondary N) is 1. The van der Waals surface area contributed by atoms with Gasteiger partial charge in [0.05, 0.1) is 12.2 Å². The maximum absolute atomic E-state index is 12.1. The van der Waals surface area contributed by atoms with Gasteiger partial charge >= 0.3 is 0 Å². The van der Waals surface area contributed by atoms with Gasteiger partial charge in [-0.3, -0.25) is 9.78 Å². The van der Waals surface area contributed by atoms with Gasteiger partial charge in [0.2, 0.25) is 5.91 Å². The van der Waals surface area contributed by atoms with Gasteiger partial charge in [0.25, 0.3) is 0 Å². The second kappa shape index (κ2) is 5.79. The van der Waals surface area contributed by atoms with E-state index in [0.29, 0.717) is 13.1 Å². The summed E-state index contributed by atoms with van der Waals surface area (Å²) in [7, 11) is 0. The van der Waals surface area contributed by atoms with Gasteiger partial charge in [-0.15, -0.1) is 0 Å². The summed E-state index contributed by atoms with van der Waals surface area (Å²) in [4.78, 5) is 16.2. The number of aryl methyl sites for hydroxylation is 1. The molecule has 0 radical (unpaired) electrons. The first-order valence-corrected chi connectivity index (χ1v) is 6.94. The molecule has 1 amide bonds. The minimum Gasteiger partial charge on any atom is -0.349 e. The van der Waals surface area contributed by atoms with Crippen molar-refractivity contribution in [3.8, 4) is 0 Å². The van der Waals surface area contributed by atoms with Crippen molar-refractivity contribution in [2.45, 2.75) is 20.0 Å². The predicted octanol–water partition coefficient (Wildman–Crippen LogP) is 2.66. The Labute approximate surface area is 123 Å². The molecule has 0 saturated heterocycles. The molecular weight excluding hydrogens is 262 g/mol. The molecule has 0 atom stereocenters. The predicted molar refractivity (Wildman–Crippen MR) is 82.8 cm³/mol. The number of pyridine rings is 1. The average molecular weight is 279 g/mol. The summed E-state index contributed by atoms with van der Waals surface area (Å²) in [6.07, 6.45) is 3.67. The van der Waals surface area contributed by atoms with Gasteiger partial charge < -0.3 is 9.88 Å². The summed E-state index contributed by atoms with van der Waals surface area (Å²) in [6.45, 7) is 2.83. The van der Waals surface area contributed by atoms with Crippen molar-refractivity contribution in [1.82, 2.24) is 14.9 Å². The molecule has 0 aliphatic rings. The van der Waals surface area contributed by atoms with Crippen molar-refractivity contribution < 1.29 is 4.79 Å². The lowest BCUT2D eigenvalue weighted by Crippen LogP contribution is -2.27. The zero-order valence-electron chi connectivity index (χ0n) is 11.9. The van der Waals surface area contributed by atoms with E-state index in [1.165, 1.54) is 5.56 Å². The van der Waals surface area contributed by atoms with E-state index in [-0.39, 0.29) is 5.91 Å². The highest BCUT2D eigenvalue weighted by molar-refractivity contribution is 5.83. The number of carbonyl (C=O) groups is 1. The van der Waals surface area contributed by atoms with Gasteiger partial charge in [-0.25, -0.2) is 0 Å². The minimum atomic E-state index is -0.0142. The van der Waals surface area contributed by atoms with Crippen molar-refractivity contribution in [1.29, 1.82) is 0 Å². The van der Waals surface area contributed by atoms with Crippen LogP contribution < -0.4 is 5.32 Å². The lowest BCUT2D eigenvalue weighted by Gasteiger charge is -2.07. The van der Waals surface area contributed by atoms with E-state index in [1.54, 1.807) is 6.20 Å². The molecule has 0 fully saturated rings. The number of rotatable bonds is 4. The molecule has 0 aliphatic heterocycles. The smallest absolute Gasteiger partial charge is 0.240 e. The number of amides is 1. The Bertz CT molecular complexity index is 762. The first-order chi connectivity index (χ1) is 10.2. The quantitative estimate of drug-likeness (QED) is 0.798. The van der Waals surface area contributed by atoms with Crippen molar-refractivity contribution in [3.63, 3.8) is 0 Å². The van der Waals surface area contributed by atoms with E-state index in [4.69, 9.17) is 0 Å². The Morgan fingerprint density at radius 2 is 2.14 bits per heavy atom. The van der Waals surface area contributed by atoms with Crippen molar-refractivity contribution in [3.05, 3.63) is 66.1 Å². The van der Waals surface area contributed by atoms with Crippen LogP contribution in [-0.4, -0.2) is 15.5 Å². The maximum Gasteiger partial charge on any atom is 0.240 e. The topological polar surface area (TPSA) is 46.9 Å². The largest absolute Gasteiger partial charge is 0.349 e. The van der Waals surface area contributed by atoms with E-state index in [1.807, 2.05) is 35.0 Å². The highest BCUT2D eigenvalue weighted by Gasteiger charge is 2.06. The standard InChI is InChI=1S/C17H17N3O/c1-13-5-6-14-7-9-20(16(14)10-13)12-17(21)19-11-15-4-2-3-8-18-15/h2-10H,11-12H2,1H3,(H,19,21). The van der Waals surface area contributed by atoms with Crippen LogP contribution in [0.5, 0.6) is 0 Å². The van der Waals surface area contributed by atoms with E-state index in [2.05, 4.69) is 35.4 Å². The van der Waals surface area contributed by atoms with Gasteiger partial charge in [0.1, 0.15) is 6.54 Å². The third kappa shape index (κ3) is 3.11. The molecule has 0 aliphatic carbocycles. The summed E-state index contributed by atoms with van der Waals surface area (Å²) in [5, 5.41) is 4.05. The summed E-state index contributed by atoms with van der Waals surface area (Å²) in [5.74, 6) is -0.0142. The van der Waals surface area contributed by atoms with Crippen LogP contribution in [0.3, 0.4) is 0 Å². The Kier molecular flexibility index (Phi) is 3.69. The first kappa shape index (κ1) is 13.4. The summed E-state index contributed by atoms with van der Waals surface area (Å²) < 4.78 is 1.97. The fourth-order valence-electron chi connectivity index (χ4n) is 2.33. The molecular formula is C17H17N3O. The van der Waals surface area contributed by atoms with Gasteiger partial charge in [0, 0.05) is 17.9 Å². The van der Waals surface area contributed by atoms with Gasteiger partial charge in [0.15, 0.2) is 0 Å². The Hall–Kier alpha value is -2.62. The molecule has 1 N–H and O–H groups in total. The van der Waals surface area contributed by atoms with Crippen LogP contribution in [0.1, 0.15) is 11.3 Å². The van der Waals surface area contributed by atoms with Crippen LogP contribution in [0.25, 0.3) is 10.9 Å². The molecule has 0 unspecified atom stereocenters. The van der Waals surface area contributed by atoms with Crippen LogP contribution in [0.2, 0.25) is 0 Å². The van der Waals surface area contributed by atoms with Crippen LogP contribution in [-0.2, 0) is 17.9 Å². The molecule has 2 heterocycles. The molecule has 0 bridgehead atoms. The summed E-state index contributed by atoms with van der Waals surface area (Å²) in [6, 6.07) is 14.0. The second-order valence-electron chi connectivity index (χ2n) is 5.10. The SMILES string of the molecule is Cc1ccc2ccn(CC(=O)NCc3ccccn3)c2c1. The molecule has 0 spiro atoms. The zero-order valence-corrected chi connectivity index (χ0v) is 11.9. The third-order valence-electron chi connectivity index (χ3n) is 3.44. The van der Waals surface area contributed by atoms with E-state index in [9.17, 15) is 4.79 Å². The maximum atomic E-state index is 12.1.